The molecule has 1 N–H and O–H groups in total. The number of benzene rings is 1. The third kappa shape index (κ3) is 3.91. The van der Waals surface area contributed by atoms with Crippen LogP contribution >= 0.6 is 0 Å². The Kier molecular flexibility index (Phi) is 5.37. The highest BCUT2D eigenvalue weighted by Crippen LogP contribution is 2.30. The zero-order valence-corrected chi connectivity index (χ0v) is 16.0. The molecule has 1 saturated heterocycles. The highest BCUT2D eigenvalue weighted by atomic mass is 16.5. The van der Waals surface area contributed by atoms with Gasteiger partial charge in [-0.15, -0.1) is 0 Å². The number of nitrogens with zero attached hydrogens (tertiary/aromatic N) is 3. The van der Waals surface area contributed by atoms with Gasteiger partial charge in [0.05, 0.1) is 13.3 Å². The fraction of sp³-hybridized carbons (Fsp3) is 0.318. The van der Waals surface area contributed by atoms with Crippen LogP contribution in [0.5, 0.6) is 5.88 Å². The number of likely N-dealkylation sites (tertiary alicyclic amines) is 1. The minimum atomic E-state index is 0.0354. The van der Waals surface area contributed by atoms with Crippen molar-refractivity contribution in [2.24, 2.45) is 0 Å². The van der Waals surface area contributed by atoms with E-state index in [1.807, 2.05) is 17.2 Å². The molecule has 0 atom stereocenters. The molecule has 1 aliphatic rings. The van der Waals surface area contributed by atoms with E-state index in [2.05, 4.69) is 39.4 Å². The molecule has 6 heteroatoms. The lowest BCUT2D eigenvalue weighted by molar-refractivity contribution is 0.0711. The number of amides is 1. The van der Waals surface area contributed by atoms with Crippen molar-refractivity contribution in [3.63, 3.8) is 0 Å². The van der Waals surface area contributed by atoms with Gasteiger partial charge in [-0.05, 0) is 30.0 Å². The summed E-state index contributed by atoms with van der Waals surface area (Å²) in [4.78, 5) is 18.8. The number of nitrogens with one attached hydrogen (secondary N) is 1. The van der Waals surface area contributed by atoms with Crippen LogP contribution in [0.4, 0.5) is 0 Å². The van der Waals surface area contributed by atoms with E-state index in [4.69, 9.17) is 4.74 Å². The number of H-pyrrole nitrogens is 1. The molecule has 3 aromatic rings. The number of ether oxygens (including phenoxy) is 1. The molecule has 144 valence electrons. The van der Waals surface area contributed by atoms with Gasteiger partial charge >= 0.3 is 0 Å². The Balaban J connectivity index is 1.41. The fourth-order valence-corrected chi connectivity index (χ4v) is 3.84. The van der Waals surface area contributed by atoms with Crippen LogP contribution in [0.2, 0.25) is 0 Å². The van der Waals surface area contributed by atoms with Crippen LogP contribution < -0.4 is 4.74 Å². The molecule has 3 heterocycles. The first-order valence-corrected chi connectivity index (χ1v) is 9.60. The Morgan fingerprint density at radius 2 is 2.00 bits per heavy atom. The lowest BCUT2D eigenvalue weighted by Gasteiger charge is -2.32. The minimum Gasteiger partial charge on any atom is -0.481 e. The van der Waals surface area contributed by atoms with Gasteiger partial charge in [0, 0.05) is 48.9 Å². The predicted octanol–water partition coefficient (Wildman–Crippen LogP) is 3.42. The lowest BCUT2D eigenvalue weighted by atomic mass is 9.89. The van der Waals surface area contributed by atoms with Gasteiger partial charge in [0.1, 0.15) is 0 Å². The summed E-state index contributed by atoms with van der Waals surface area (Å²) in [6.45, 7) is 1.47. The number of carbonyl (C=O) groups is 1. The first-order valence-electron chi connectivity index (χ1n) is 9.60. The summed E-state index contributed by atoms with van der Waals surface area (Å²) in [7, 11) is 1.56. The van der Waals surface area contributed by atoms with E-state index in [-0.39, 0.29) is 5.91 Å². The largest absolute Gasteiger partial charge is 0.481 e. The van der Waals surface area contributed by atoms with E-state index in [0.717, 1.165) is 32.4 Å². The van der Waals surface area contributed by atoms with Gasteiger partial charge in [0.2, 0.25) is 5.88 Å². The van der Waals surface area contributed by atoms with E-state index in [9.17, 15) is 4.79 Å². The lowest BCUT2D eigenvalue weighted by Crippen LogP contribution is -2.38. The van der Waals surface area contributed by atoms with Gasteiger partial charge < -0.3 is 9.64 Å². The van der Waals surface area contributed by atoms with Crippen molar-refractivity contribution in [1.29, 1.82) is 0 Å². The average molecular weight is 376 g/mol. The molecule has 0 unspecified atom stereocenters. The molecule has 6 nitrogen and oxygen atoms in total. The Hall–Kier alpha value is -3.15. The molecular formula is C22H24N4O2. The smallest absolute Gasteiger partial charge is 0.254 e. The molecule has 0 radical (unpaired) electrons. The van der Waals surface area contributed by atoms with Crippen molar-refractivity contribution in [2.75, 3.05) is 20.2 Å². The van der Waals surface area contributed by atoms with Gasteiger partial charge in [0.15, 0.2) is 0 Å². The maximum absolute atomic E-state index is 12.8. The van der Waals surface area contributed by atoms with Crippen molar-refractivity contribution in [3.05, 3.63) is 77.2 Å². The van der Waals surface area contributed by atoms with E-state index < -0.39 is 0 Å². The minimum absolute atomic E-state index is 0.0354. The van der Waals surface area contributed by atoms with Crippen LogP contribution in [0, 0.1) is 0 Å². The van der Waals surface area contributed by atoms with Crippen LogP contribution in [0.25, 0.3) is 0 Å². The molecular weight excluding hydrogens is 352 g/mol. The SMILES string of the molecule is COc1cc(C(=O)N2CCC(c3[nH]ncc3Cc3ccccc3)CC2)ccn1. The summed E-state index contributed by atoms with van der Waals surface area (Å²) in [5.41, 5.74) is 4.36. The Morgan fingerprint density at radius 1 is 1.21 bits per heavy atom. The van der Waals surface area contributed by atoms with Crippen molar-refractivity contribution in [2.45, 2.75) is 25.2 Å². The van der Waals surface area contributed by atoms with E-state index >= 15 is 0 Å². The molecule has 1 aliphatic heterocycles. The maximum Gasteiger partial charge on any atom is 0.254 e. The molecule has 2 aromatic heterocycles. The van der Waals surface area contributed by atoms with E-state index in [0.29, 0.717) is 17.4 Å². The molecule has 0 spiro atoms. The van der Waals surface area contributed by atoms with Gasteiger partial charge in [-0.25, -0.2) is 4.98 Å². The zero-order valence-electron chi connectivity index (χ0n) is 16.0. The third-order valence-electron chi connectivity index (χ3n) is 5.37. The summed E-state index contributed by atoms with van der Waals surface area (Å²) in [6.07, 6.45) is 6.28. The highest BCUT2D eigenvalue weighted by Gasteiger charge is 2.27. The number of aromatic nitrogens is 3. The number of carbonyl (C=O) groups excluding carboxylic acids is 1. The first kappa shape index (κ1) is 18.2. The second-order valence-electron chi connectivity index (χ2n) is 7.12. The second-order valence-corrected chi connectivity index (χ2v) is 7.12. The molecule has 0 bridgehead atoms. The number of rotatable bonds is 5. The third-order valence-corrected chi connectivity index (χ3v) is 5.37. The molecule has 0 saturated carbocycles. The number of pyridine rings is 1. The van der Waals surface area contributed by atoms with Crippen molar-refractivity contribution >= 4 is 5.91 Å². The molecule has 4 rings (SSSR count). The highest BCUT2D eigenvalue weighted by molar-refractivity contribution is 5.94. The van der Waals surface area contributed by atoms with Crippen molar-refractivity contribution in [1.82, 2.24) is 20.1 Å². The van der Waals surface area contributed by atoms with Gasteiger partial charge in [-0.1, -0.05) is 30.3 Å². The van der Waals surface area contributed by atoms with Crippen LogP contribution in [-0.2, 0) is 6.42 Å². The molecule has 28 heavy (non-hydrogen) atoms. The topological polar surface area (TPSA) is 71.1 Å². The zero-order chi connectivity index (χ0) is 19.3. The van der Waals surface area contributed by atoms with Crippen LogP contribution in [0.15, 0.2) is 54.9 Å². The van der Waals surface area contributed by atoms with Crippen molar-refractivity contribution < 1.29 is 9.53 Å². The Labute approximate surface area is 164 Å². The number of piperidine rings is 1. The first-order chi connectivity index (χ1) is 13.7. The Bertz CT molecular complexity index is 930. The van der Waals surface area contributed by atoms with Crippen molar-refractivity contribution in [3.8, 4) is 5.88 Å². The van der Waals surface area contributed by atoms with E-state index in [1.54, 1.807) is 25.4 Å². The Morgan fingerprint density at radius 3 is 2.75 bits per heavy atom. The van der Waals surface area contributed by atoms with Crippen LogP contribution in [-0.4, -0.2) is 46.2 Å². The fourth-order valence-electron chi connectivity index (χ4n) is 3.84. The van der Waals surface area contributed by atoms with Crippen LogP contribution in [0.1, 0.15) is 45.9 Å². The monoisotopic (exact) mass is 376 g/mol. The summed E-state index contributed by atoms with van der Waals surface area (Å²) in [5, 5.41) is 7.50. The predicted molar refractivity (Wildman–Crippen MR) is 107 cm³/mol. The average Bonchev–Trinajstić information content (AvgIpc) is 3.22. The van der Waals surface area contributed by atoms with Gasteiger partial charge in [-0.3, -0.25) is 9.89 Å². The molecule has 0 aliphatic carbocycles. The second kappa shape index (κ2) is 8.25. The van der Waals surface area contributed by atoms with E-state index in [1.165, 1.54) is 16.8 Å². The molecule has 1 aromatic carbocycles. The van der Waals surface area contributed by atoms with Gasteiger partial charge in [0.25, 0.3) is 5.91 Å². The number of aromatic amines is 1. The summed E-state index contributed by atoms with van der Waals surface area (Å²) < 4.78 is 5.13. The standard InChI is InChI=1S/C22H24N4O2/c1-28-20-14-18(7-10-23-20)22(27)26-11-8-17(9-12-26)21-19(15-24-25-21)13-16-5-3-2-4-6-16/h2-7,10,14-15,17H,8-9,11-13H2,1H3,(H,24,25). The number of methoxy groups -OCH3 is 1. The molecule has 1 amide bonds. The number of hydrogen-bond acceptors (Lipinski definition) is 4. The molecule has 1 fully saturated rings. The van der Waals surface area contributed by atoms with Gasteiger partial charge in [-0.2, -0.15) is 5.10 Å². The summed E-state index contributed by atoms with van der Waals surface area (Å²) >= 11 is 0. The quantitative estimate of drug-likeness (QED) is 0.741. The summed E-state index contributed by atoms with van der Waals surface area (Å²) in [5.74, 6) is 0.897. The summed E-state index contributed by atoms with van der Waals surface area (Å²) in [6, 6.07) is 13.9. The maximum atomic E-state index is 12.8. The van der Waals surface area contributed by atoms with Crippen LogP contribution in [0.3, 0.4) is 0 Å². The normalized spacial score (nSPS) is 14.8. The number of hydrogen-bond donors (Lipinski definition) is 1.